The number of piperazine rings is 1. The van der Waals surface area contributed by atoms with Crippen LogP contribution in [0.15, 0.2) is 72.8 Å². The second-order valence-corrected chi connectivity index (χ2v) is 9.41. The molecule has 35 heavy (non-hydrogen) atoms. The quantitative estimate of drug-likeness (QED) is 0.438. The van der Waals surface area contributed by atoms with Gasteiger partial charge in [-0.15, -0.1) is 0 Å². The molecule has 0 bridgehead atoms. The molecule has 0 aromatic heterocycles. The Morgan fingerprint density at radius 3 is 2.37 bits per heavy atom. The second kappa shape index (κ2) is 11.1. The summed E-state index contributed by atoms with van der Waals surface area (Å²) in [5, 5.41) is 16.6. The van der Waals surface area contributed by atoms with Gasteiger partial charge < -0.3 is 20.6 Å². The smallest absolute Gasteiger partial charge is 0.319 e. The first-order valence-electron chi connectivity index (χ1n) is 11.6. The molecule has 3 N–H and O–H groups in total. The van der Waals surface area contributed by atoms with Gasteiger partial charge in [0.1, 0.15) is 11.4 Å². The van der Waals surface area contributed by atoms with Crippen LogP contribution in [0, 0.1) is 5.82 Å². The summed E-state index contributed by atoms with van der Waals surface area (Å²) in [5.74, 6) is -0.385. The summed E-state index contributed by atoms with van der Waals surface area (Å²) in [6.07, 6.45) is 0. The average molecular weight is 497 g/mol. The standard InChI is InChI=1S/C27H30ClFN4O2/c1-27(35,21-7-9-22(29)10-8-21)19-30-26(34)31-23-11-12-25(24(28)17-23)33-15-13-32(14-16-33)18-20-5-3-2-4-6-20/h2-12,17,35H,13-16,18-19H2,1H3,(H2,30,31,34). The van der Waals surface area contributed by atoms with E-state index < -0.39 is 11.6 Å². The highest BCUT2D eigenvalue weighted by molar-refractivity contribution is 6.33. The second-order valence-electron chi connectivity index (χ2n) is 9.00. The Morgan fingerprint density at radius 2 is 1.71 bits per heavy atom. The molecule has 1 unspecified atom stereocenters. The number of aliphatic hydroxyl groups is 1. The Balaban J connectivity index is 1.28. The van der Waals surface area contributed by atoms with Crippen molar-refractivity contribution in [2.24, 2.45) is 0 Å². The van der Waals surface area contributed by atoms with Crippen LogP contribution in [0.5, 0.6) is 0 Å². The van der Waals surface area contributed by atoms with E-state index in [-0.39, 0.29) is 12.4 Å². The summed E-state index contributed by atoms with van der Waals surface area (Å²) in [7, 11) is 0. The normalized spacial score (nSPS) is 15.9. The van der Waals surface area contributed by atoms with Crippen LogP contribution in [0.4, 0.5) is 20.6 Å². The van der Waals surface area contributed by atoms with Gasteiger partial charge in [0, 0.05) is 38.4 Å². The Kier molecular flexibility index (Phi) is 7.90. The molecule has 0 spiro atoms. The first-order valence-corrected chi connectivity index (χ1v) is 12.0. The van der Waals surface area contributed by atoms with Crippen LogP contribution >= 0.6 is 11.6 Å². The van der Waals surface area contributed by atoms with E-state index in [4.69, 9.17) is 11.6 Å². The third kappa shape index (κ3) is 6.72. The molecule has 1 aliphatic heterocycles. The van der Waals surface area contributed by atoms with Crippen LogP contribution in [-0.2, 0) is 12.1 Å². The lowest BCUT2D eigenvalue weighted by atomic mass is 9.96. The molecule has 3 aromatic rings. The van der Waals surface area contributed by atoms with E-state index in [0.29, 0.717) is 16.3 Å². The highest BCUT2D eigenvalue weighted by Gasteiger charge is 2.24. The van der Waals surface area contributed by atoms with Crippen molar-refractivity contribution in [1.82, 2.24) is 10.2 Å². The Bertz CT molecular complexity index is 1130. The largest absolute Gasteiger partial charge is 0.384 e. The van der Waals surface area contributed by atoms with Crippen molar-refractivity contribution in [3.05, 3.63) is 94.8 Å². The molecule has 2 amide bonds. The molecule has 184 valence electrons. The summed E-state index contributed by atoms with van der Waals surface area (Å²) in [5.41, 5.74) is 1.98. The molecule has 1 heterocycles. The monoisotopic (exact) mass is 496 g/mol. The van der Waals surface area contributed by atoms with Crippen molar-refractivity contribution in [3.63, 3.8) is 0 Å². The number of anilines is 2. The maximum atomic E-state index is 13.1. The van der Waals surface area contributed by atoms with E-state index in [2.05, 4.69) is 44.7 Å². The van der Waals surface area contributed by atoms with Crippen LogP contribution in [0.1, 0.15) is 18.1 Å². The Hall–Kier alpha value is -3.13. The van der Waals surface area contributed by atoms with Crippen LogP contribution in [-0.4, -0.2) is 48.8 Å². The summed E-state index contributed by atoms with van der Waals surface area (Å²) in [6.45, 7) is 6.10. The van der Waals surface area contributed by atoms with E-state index in [1.807, 2.05) is 18.2 Å². The van der Waals surface area contributed by atoms with Crippen molar-refractivity contribution in [3.8, 4) is 0 Å². The molecular weight excluding hydrogens is 467 g/mol. The number of nitrogens with one attached hydrogen (secondary N) is 2. The molecular formula is C27H30ClFN4O2. The van der Waals surface area contributed by atoms with E-state index >= 15 is 0 Å². The Labute approximate surface area is 210 Å². The topological polar surface area (TPSA) is 67.8 Å². The molecule has 1 fully saturated rings. The summed E-state index contributed by atoms with van der Waals surface area (Å²) in [6, 6.07) is 21.0. The van der Waals surface area contributed by atoms with E-state index in [1.54, 1.807) is 13.0 Å². The summed E-state index contributed by atoms with van der Waals surface area (Å²) < 4.78 is 13.1. The van der Waals surface area contributed by atoms with Crippen LogP contribution in [0.3, 0.4) is 0 Å². The molecule has 8 heteroatoms. The highest BCUT2D eigenvalue weighted by Crippen LogP contribution is 2.30. The zero-order valence-corrected chi connectivity index (χ0v) is 20.4. The van der Waals surface area contributed by atoms with Gasteiger partial charge in [0.2, 0.25) is 0 Å². The SMILES string of the molecule is CC(O)(CNC(=O)Nc1ccc(N2CCN(Cc3ccccc3)CC2)c(Cl)c1)c1ccc(F)cc1. The molecule has 3 aromatic carbocycles. The number of urea groups is 1. The van der Waals surface area contributed by atoms with Gasteiger partial charge in [-0.1, -0.05) is 54.1 Å². The third-order valence-corrected chi connectivity index (χ3v) is 6.53. The molecule has 0 saturated carbocycles. The van der Waals surface area contributed by atoms with Crippen molar-refractivity contribution >= 4 is 29.0 Å². The predicted molar refractivity (Wildman–Crippen MR) is 138 cm³/mol. The van der Waals surface area contributed by atoms with Crippen molar-refractivity contribution in [2.45, 2.75) is 19.1 Å². The van der Waals surface area contributed by atoms with Gasteiger partial charge >= 0.3 is 6.03 Å². The average Bonchev–Trinajstić information content (AvgIpc) is 2.85. The molecule has 1 saturated heterocycles. The number of halogens is 2. The number of carbonyl (C=O) groups excluding carboxylic acids is 1. The van der Waals surface area contributed by atoms with Gasteiger partial charge in [0.05, 0.1) is 17.3 Å². The van der Waals surface area contributed by atoms with E-state index in [9.17, 15) is 14.3 Å². The number of nitrogens with zero attached hydrogens (tertiary/aromatic N) is 2. The number of amides is 2. The Morgan fingerprint density at radius 1 is 1.03 bits per heavy atom. The van der Waals surface area contributed by atoms with Crippen molar-refractivity contribution in [2.75, 3.05) is 42.9 Å². The molecule has 1 atom stereocenters. The van der Waals surface area contributed by atoms with Gasteiger partial charge in [0.15, 0.2) is 0 Å². The number of rotatable bonds is 7. The van der Waals surface area contributed by atoms with Crippen LogP contribution in [0.25, 0.3) is 0 Å². The summed E-state index contributed by atoms with van der Waals surface area (Å²) in [4.78, 5) is 17.1. The van der Waals surface area contributed by atoms with Gasteiger partial charge in [0.25, 0.3) is 0 Å². The molecule has 1 aliphatic rings. The van der Waals surface area contributed by atoms with Gasteiger partial charge in [-0.25, -0.2) is 9.18 Å². The first-order chi connectivity index (χ1) is 16.8. The van der Waals surface area contributed by atoms with Crippen LogP contribution < -0.4 is 15.5 Å². The van der Waals surface area contributed by atoms with Gasteiger partial charge in [-0.3, -0.25) is 4.90 Å². The fraction of sp³-hybridized carbons (Fsp3) is 0.296. The predicted octanol–water partition coefficient (Wildman–Crippen LogP) is 4.83. The van der Waals surface area contributed by atoms with Gasteiger partial charge in [-0.05, 0) is 48.4 Å². The minimum absolute atomic E-state index is 0.0382. The van der Waals surface area contributed by atoms with Crippen LogP contribution in [0.2, 0.25) is 5.02 Å². The maximum absolute atomic E-state index is 13.1. The van der Waals surface area contributed by atoms with Gasteiger partial charge in [-0.2, -0.15) is 0 Å². The van der Waals surface area contributed by atoms with Crippen molar-refractivity contribution in [1.29, 1.82) is 0 Å². The minimum Gasteiger partial charge on any atom is -0.384 e. The first kappa shape index (κ1) is 25.0. The molecule has 0 aliphatic carbocycles. The lowest BCUT2D eigenvalue weighted by Gasteiger charge is -2.36. The number of hydrogen-bond acceptors (Lipinski definition) is 4. The molecule has 6 nitrogen and oxygen atoms in total. The zero-order chi connectivity index (χ0) is 24.8. The van der Waals surface area contributed by atoms with E-state index in [0.717, 1.165) is 38.4 Å². The zero-order valence-electron chi connectivity index (χ0n) is 19.7. The maximum Gasteiger partial charge on any atom is 0.319 e. The highest BCUT2D eigenvalue weighted by atomic mass is 35.5. The number of carbonyl (C=O) groups is 1. The summed E-state index contributed by atoms with van der Waals surface area (Å²) >= 11 is 6.56. The lowest BCUT2D eigenvalue weighted by molar-refractivity contribution is 0.0599. The van der Waals surface area contributed by atoms with Crippen molar-refractivity contribution < 1.29 is 14.3 Å². The minimum atomic E-state index is -1.34. The van der Waals surface area contributed by atoms with E-state index in [1.165, 1.54) is 29.8 Å². The fourth-order valence-electron chi connectivity index (χ4n) is 4.17. The number of benzene rings is 3. The fourth-order valence-corrected chi connectivity index (χ4v) is 4.47. The third-order valence-electron chi connectivity index (χ3n) is 6.23. The molecule has 0 radical (unpaired) electrons. The lowest BCUT2D eigenvalue weighted by Crippen LogP contribution is -2.46. The number of hydrogen-bond donors (Lipinski definition) is 3. The molecule has 4 rings (SSSR count).